The Labute approximate surface area is 87.7 Å². The first-order valence-electron chi connectivity index (χ1n) is 4.82. The van der Waals surface area contributed by atoms with E-state index in [1.54, 1.807) is 13.1 Å². The van der Waals surface area contributed by atoms with Crippen molar-refractivity contribution in [1.82, 2.24) is 9.97 Å². The minimum atomic E-state index is 0.0512. The molecule has 1 saturated heterocycles. The lowest BCUT2D eigenvalue weighted by molar-refractivity contribution is 0.101. The van der Waals surface area contributed by atoms with Crippen molar-refractivity contribution >= 4 is 17.5 Å². The molecule has 0 amide bonds. The summed E-state index contributed by atoms with van der Waals surface area (Å²) < 4.78 is 0.0910. The molecule has 76 valence electrons. The Kier molecular flexibility index (Phi) is 2.39. The first kappa shape index (κ1) is 9.77. The molecule has 0 aromatic carbocycles. The highest BCUT2D eigenvalue weighted by Crippen LogP contribution is 2.44. The van der Waals surface area contributed by atoms with Gasteiger partial charge in [0.05, 0.1) is 10.9 Å². The lowest BCUT2D eigenvalue weighted by atomic mass is 10.1. The van der Waals surface area contributed by atoms with E-state index in [0.717, 1.165) is 12.2 Å². The zero-order valence-corrected chi connectivity index (χ0v) is 9.28. The normalized spacial score (nSPS) is 26.7. The highest BCUT2D eigenvalue weighted by molar-refractivity contribution is 8.00. The molecule has 1 atom stereocenters. The average Bonchev–Trinajstić information content (AvgIpc) is 2.71. The smallest absolute Gasteiger partial charge is 0.177 e. The number of thioether (sulfide) groups is 1. The second-order valence-electron chi connectivity index (χ2n) is 3.88. The SMILES string of the molecule is CC(=O)c1cnc(C2(C)CCCS2)[nH]1. The molecule has 1 aromatic heterocycles. The number of ketones is 1. The van der Waals surface area contributed by atoms with Gasteiger partial charge in [-0.15, -0.1) is 11.8 Å². The van der Waals surface area contributed by atoms with Crippen LogP contribution in [0.5, 0.6) is 0 Å². The number of hydrogen-bond acceptors (Lipinski definition) is 3. The minimum Gasteiger partial charge on any atom is -0.338 e. The summed E-state index contributed by atoms with van der Waals surface area (Å²) in [5.74, 6) is 2.19. The molecule has 3 nitrogen and oxygen atoms in total. The maximum absolute atomic E-state index is 11.1. The summed E-state index contributed by atoms with van der Waals surface area (Å²) in [6, 6.07) is 0. The second kappa shape index (κ2) is 3.42. The van der Waals surface area contributed by atoms with E-state index < -0.39 is 0 Å². The van der Waals surface area contributed by atoms with Crippen molar-refractivity contribution in [2.75, 3.05) is 5.75 Å². The molecule has 0 spiro atoms. The minimum absolute atomic E-state index is 0.0512. The number of imidazole rings is 1. The van der Waals surface area contributed by atoms with Crippen molar-refractivity contribution in [2.24, 2.45) is 0 Å². The van der Waals surface area contributed by atoms with Crippen LogP contribution in [0.15, 0.2) is 6.20 Å². The number of hydrogen-bond donors (Lipinski definition) is 1. The van der Waals surface area contributed by atoms with Gasteiger partial charge in [-0.2, -0.15) is 0 Å². The summed E-state index contributed by atoms with van der Waals surface area (Å²) in [7, 11) is 0. The van der Waals surface area contributed by atoms with E-state index in [2.05, 4.69) is 16.9 Å². The lowest BCUT2D eigenvalue weighted by Gasteiger charge is -2.19. The second-order valence-corrected chi connectivity index (χ2v) is 5.48. The number of Topliss-reactive ketones (excluding diaryl/α,β-unsaturated/α-hetero) is 1. The highest BCUT2D eigenvalue weighted by atomic mass is 32.2. The Bertz CT molecular complexity index is 353. The van der Waals surface area contributed by atoms with Crippen LogP contribution in [0.25, 0.3) is 0 Å². The van der Waals surface area contributed by atoms with Crippen molar-refractivity contribution in [1.29, 1.82) is 0 Å². The maximum atomic E-state index is 11.1. The molecule has 1 aliphatic rings. The zero-order chi connectivity index (χ0) is 10.2. The van der Waals surface area contributed by atoms with Crippen LogP contribution in [0.1, 0.15) is 43.0 Å². The summed E-state index contributed by atoms with van der Waals surface area (Å²) in [6.45, 7) is 3.74. The highest BCUT2D eigenvalue weighted by Gasteiger charge is 2.34. The van der Waals surface area contributed by atoms with Crippen molar-refractivity contribution in [3.05, 3.63) is 17.7 Å². The molecule has 14 heavy (non-hydrogen) atoms. The number of rotatable bonds is 2. The standard InChI is InChI=1S/C10H14N2OS/c1-7(13)8-6-11-9(12-8)10(2)4-3-5-14-10/h6H,3-5H2,1-2H3,(H,11,12). The summed E-state index contributed by atoms with van der Waals surface area (Å²) >= 11 is 1.92. The quantitative estimate of drug-likeness (QED) is 0.762. The monoisotopic (exact) mass is 210 g/mol. The van der Waals surface area contributed by atoms with Crippen LogP contribution in [0.3, 0.4) is 0 Å². The van der Waals surface area contributed by atoms with Crippen molar-refractivity contribution < 1.29 is 4.79 Å². The summed E-state index contributed by atoms with van der Waals surface area (Å²) in [4.78, 5) is 18.5. The summed E-state index contributed by atoms with van der Waals surface area (Å²) in [6.07, 6.45) is 4.02. The number of nitrogens with one attached hydrogen (secondary N) is 1. The van der Waals surface area contributed by atoms with Crippen LogP contribution in [-0.2, 0) is 4.75 Å². The fourth-order valence-electron chi connectivity index (χ4n) is 1.73. The van der Waals surface area contributed by atoms with E-state index in [1.807, 2.05) is 11.8 Å². The third-order valence-corrected chi connectivity index (χ3v) is 4.20. The van der Waals surface area contributed by atoms with Crippen LogP contribution in [-0.4, -0.2) is 21.5 Å². The van der Waals surface area contributed by atoms with Crippen molar-refractivity contribution in [2.45, 2.75) is 31.4 Å². The Balaban J connectivity index is 2.28. The van der Waals surface area contributed by atoms with Gasteiger partial charge in [-0.05, 0) is 25.5 Å². The first-order valence-corrected chi connectivity index (χ1v) is 5.81. The molecule has 1 fully saturated rings. The molecule has 0 bridgehead atoms. The van der Waals surface area contributed by atoms with Gasteiger partial charge in [0.1, 0.15) is 11.5 Å². The third kappa shape index (κ3) is 1.59. The fraction of sp³-hybridized carbons (Fsp3) is 0.600. The number of H-pyrrole nitrogens is 1. The molecule has 2 heterocycles. The van der Waals surface area contributed by atoms with Crippen LogP contribution in [0.2, 0.25) is 0 Å². The summed E-state index contributed by atoms with van der Waals surface area (Å²) in [5, 5.41) is 0. The average molecular weight is 210 g/mol. The van der Waals surface area contributed by atoms with Gasteiger partial charge in [-0.1, -0.05) is 0 Å². The fourth-order valence-corrected chi connectivity index (χ4v) is 3.00. The van der Waals surface area contributed by atoms with Gasteiger partial charge in [0.2, 0.25) is 0 Å². The van der Waals surface area contributed by atoms with Crippen LogP contribution < -0.4 is 0 Å². The molecule has 0 radical (unpaired) electrons. The van der Waals surface area contributed by atoms with E-state index >= 15 is 0 Å². The van der Waals surface area contributed by atoms with Gasteiger partial charge in [0.15, 0.2) is 5.78 Å². The largest absolute Gasteiger partial charge is 0.338 e. The van der Waals surface area contributed by atoms with Gasteiger partial charge in [-0.3, -0.25) is 4.79 Å². The van der Waals surface area contributed by atoms with E-state index in [1.165, 1.54) is 12.2 Å². The number of carbonyl (C=O) groups is 1. The Morgan fingerprint density at radius 2 is 2.50 bits per heavy atom. The van der Waals surface area contributed by atoms with Gasteiger partial charge < -0.3 is 4.98 Å². The molecule has 2 rings (SSSR count). The molecule has 0 saturated carbocycles. The Morgan fingerprint density at radius 1 is 1.71 bits per heavy atom. The van der Waals surface area contributed by atoms with Crippen molar-refractivity contribution in [3.63, 3.8) is 0 Å². The van der Waals surface area contributed by atoms with E-state index in [0.29, 0.717) is 5.69 Å². The molecule has 0 aliphatic carbocycles. The summed E-state index contributed by atoms with van der Waals surface area (Å²) in [5.41, 5.74) is 0.619. The van der Waals surface area contributed by atoms with Gasteiger partial charge >= 0.3 is 0 Å². The molecule has 1 aliphatic heterocycles. The third-order valence-electron chi connectivity index (χ3n) is 2.67. The number of aromatic nitrogens is 2. The number of aromatic amines is 1. The van der Waals surface area contributed by atoms with Crippen LogP contribution in [0.4, 0.5) is 0 Å². The molecule has 1 aromatic rings. The first-order chi connectivity index (χ1) is 6.62. The maximum Gasteiger partial charge on any atom is 0.177 e. The van der Waals surface area contributed by atoms with Gasteiger partial charge in [0, 0.05) is 6.92 Å². The number of nitrogens with zero attached hydrogens (tertiary/aromatic N) is 1. The van der Waals surface area contributed by atoms with E-state index in [9.17, 15) is 4.79 Å². The van der Waals surface area contributed by atoms with Gasteiger partial charge in [-0.25, -0.2) is 4.98 Å². The van der Waals surface area contributed by atoms with Crippen molar-refractivity contribution in [3.8, 4) is 0 Å². The predicted molar refractivity (Wildman–Crippen MR) is 57.6 cm³/mol. The lowest BCUT2D eigenvalue weighted by Crippen LogP contribution is -2.15. The van der Waals surface area contributed by atoms with E-state index in [4.69, 9.17) is 0 Å². The molecule has 4 heteroatoms. The molecule has 1 N–H and O–H groups in total. The van der Waals surface area contributed by atoms with E-state index in [-0.39, 0.29) is 10.5 Å². The number of carbonyl (C=O) groups excluding carboxylic acids is 1. The van der Waals surface area contributed by atoms with Crippen LogP contribution in [0, 0.1) is 0 Å². The molecular weight excluding hydrogens is 196 g/mol. The molecule has 1 unspecified atom stereocenters. The topological polar surface area (TPSA) is 45.8 Å². The van der Waals surface area contributed by atoms with Crippen LogP contribution >= 0.6 is 11.8 Å². The molecular formula is C10H14N2OS. The Morgan fingerprint density at radius 3 is 3.00 bits per heavy atom. The van der Waals surface area contributed by atoms with Gasteiger partial charge in [0.25, 0.3) is 0 Å². The predicted octanol–water partition coefficient (Wildman–Crippen LogP) is 2.35. The Hall–Kier alpha value is -0.770. The zero-order valence-electron chi connectivity index (χ0n) is 8.46.